The third kappa shape index (κ3) is 8.47. The van der Waals surface area contributed by atoms with Crippen LogP contribution in [-0.4, -0.2) is 54.1 Å². The van der Waals surface area contributed by atoms with E-state index in [2.05, 4.69) is 61.5 Å². The Hall–Kier alpha value is -3.25. The van der Waals surface area contributed by atoms with Crippen molar-refractivity contribution in [3.63, 3.8) is 0 Å². The number of pyridine rings is 1. The van der Waals surface area contributed by atoms with Crippen molar-refractivity contribution in [1.82, 2.24) is 25.6 Å². The van der Waals surface area contributed by atoms with Crippen LogP contribution in [0.4, 0.5) is 21.8 Å². The fraction of sp³-hybridized carbons (Fsp3) is 0.478. The number of nitrogens with one attached hydrogen (secondary N) is 3. The number of likely N-dealkylation sites (N-methyl/N-ethyl adjacent to an activating group) is 1. The summed E-state index contributed by atoms with van der Waals surface area (Å²) in [6.07, 6.45) is 6.45. The Labute approximate surface area is 189 Å². The van der Waals surface area contributed by atoms with Crippen LogP contribution in [0.1, 0.15) is 45.1 Å². The summed E-state index contributed by atoms with van der Waals surface area (Å²) in [5, 5.41) is 8.69. The van der Waals surface area contributed by atoms with Gasteiger partial charge in [0.15, 0.2) is 0 Å². The predicted octanol–water partition coefficient (Wildman–Crippen LogP) is 2.85. The van der Waals surface area contributed by atoms with E-state index in [4.69, 9.17) is 0 Å². The molecule has 0 bridgehead atoms. The van der Waals surface area contributed by atoms with Gasteiger partial charge in [-0.2, -0.15) is 9.37 Å². The summed E-state index contributed by atoms with van der Waals surface area (Å²) < 4.78 is 13.4. The summed E-state index contributed by atoms with van der Waals surface area (Å²) >= 11 is 0. The lowest BCUT2D eigenvalue weighted by molar-refractivity contribution is -0.120. The number of anilines is 3. The molecule has 3 N–H and O–H groups in total. The lowest BCUT2D eigenvalue weighted by atomic mass is 10.2. The van der Waals surface area contributed by atoms with Gasteiger partial charge in [-0.3, -0.25) is 4.79 Å². The molecule has 0 aromatic carbocycles. The maximum absolute atomic E-state index is 13.4. The van der Waals surface area contributed by atoms with Gasteiger partial charge in [0.25, 0.3) is 0 Å². The van der Waals surface area contributed by atoms with E-state index < -0.39 is 5.95 Å². The van der Waals surface area contributed by atoms with E-state index in [0.29, 0.717) is 31.1 Å². The number of rotatable bonds is 12. The second-order valence-corrected chi connectivity index (χ2v) is 7.20. The van der Waals surface area contributed by atoms with Gasteiger partial charge >= 0.3 is 0 Å². The van der Waals surface area contributed by atoms with E-state index >= 15 is 0 Å². The predicted molar refractivity (Wildman–Crippen MR) is 125 cm³/mol. The number of aromatic nitrogens is 3. The Kier molecular flexibility index (Phi) is 10.9. The van der Waals surface area contributed by atoms with Crippen molar-refractivity contribution < 1.29 is 9.18 Å². The standard InChI is InChI=1S/C23H32FN7O/c1-4-13-31(14-5-2)22-18(9-7-6-8-11-27-21(32)17-25-3)16-28-23(30-22)29-19-10-12-26-20(24)15-19/h10,12,15-16,25H,4-6,8,11,13-14,17H2,1-3H3,(H,27,32)(H,26,28,29,30). The fourth-order valence-corrected chi connectivity index (χ4v) is 3.02. The Morgan fingerprint density at radius 3 is 2.69 bits per heavy atom. The van der Waals surface area contributed by atoms with E-state index in [1.165, 1.54) is 12.3 Å². The molecule has 2 aromatic heterocycles. The van der Waals surface area contributed by atoms with Crippen molar-refractivity contribution in [3.05, 3.63) is 36.0 Å². The van der Waals surface area contributed by atoms with E-state index in [1.807, 2.05) is 0 Å². The zero-order valence-corrected chi connectivity index (χ0v) is 19.0. The molecule has 0 radical (unpaired) electrons. The number of halogens is 1. The lowest BCUT2D eigenvalue weighted by Crippen LogP contribution is -2.32. The van der Waals surface area contributed by atoms with E-state index in [1.54, 1.807) is 19.3 Å². The second-order valence-electron chi connectivity index (χ2n) is 7.20. The monoisotopic (exact) mass is 441 g/mol. The SMILES string of the molecule is CCCN(CCC)c1nc(Nc2ccnc(F)c2)ncc1C#CCCCNC(=O)CNC. The Morgan fingerprint density at radius 1 is 1.22 bits per heavy atom. The zero-order valence-electron chi connectivity index (χ0n) is 19.0. The van der Waals surface area contributed by atoms with Crippen LogP contribution >= 0.6 is 0 Å². The van der Waals surface area contributed by atoms with E-state index in [9.17, 15) is 9.18 Å². The largest absolute Gasteiger partial charge is 0.355 e. The van der Waals surface area contributed by atoms with E-state index in [-0.39, 0.29) is 5.91 Å². The highest BCUT2D eigenvalue weighted by atomic mass is 19.1. The second kappa shape index (κ2) is 13.9. The molecule has 1 amide bonds. The van der Waals surface area contributed by atoms with Gasteiger partial charge in [-0.25, -0.2) is 9.97 Å². The first-order valence-electron chi connectivity index (χ1n) is 11.0. The van der Waals surface area contributed by atoms with Crippen LogP contribution in [0, 0.1) is 17.8 Å². The van der Waals surface area contributed by atoms with Crippen molar-refractivity contribution in [2.75, 3.05) is 43.4 Å². The molecule has 0 unspecified atom stereocenters. The normalized spacial score (nSPS) is 10.2. The van der Waals surface area contributed by atoms with Gasteiger partial charge in [-0.1, -0.05) is 25.7 Å². The zero-order chi connectivity index (χ0) is 23.2. The van der Waals surface area contributed by atoms with Crippen LogP contribution in [0.5, 0.6) is 0 Å². The number of unbranched alkanes of at least 4 members (excludes halogenated alkanes) is 1. The molecular weight excluding hydrogens is 409 g/mol. The molecule has 2 heterocycles. The van der Waals surface area contributed by atoms with Gasteiger partial charge in [0.05, 0.1) is 18.3 Å². The Bertz CT molecular complexity index is 920. The van der Waals surface area contributed by atoms with Gasteiger partial charge < -0.3 is 20.9 Å². The highest BCUT2D eigenvalue weighted by Crippen LogP contribution is 2.21. The molecule has 2 aromatic rings. The Morgan fingerprint density at radius 2 is 2.00 bits per heavy atom. The van der Waals surface area contributed by atoms with Gasteiger partial charge in [0, 0.05) is 44.0 Å². The molecule has 32 heavy (non-hydrogen) atoms. The molecule has 0 fully saturated rings. The Balaban J connectivity index is 2.15. The number of carbonyl (C=O) groups is 1. The first kappa shape index (κ1) is 25.0. The van der Waals surface area contributed by atoms with Crippen molar-refractivity contribution >= 4 is 23.4 Å². The molecule has 8 nitrogen and oxygen atoms in total. The fourth-order valence-electron chi connectivity index (χ4n) is 3.02. The van der Waals surface area contributed by atoms with Crippen LogP contribution in [0.3, 0.4) is 0 Å². The van der Waals surface area contributed by atoms with Crippen LogP contribution in [-0.2, 0) is 4.79 Å². The minimum absolute atomic E-state index is 0.0249. The summed E-state index contributed by atoms with van der Waals surface area (Å²) in [4.78, 5) is 26.3. The van der Waals surface area contributed by atoms with Gasteiger partial charge in [0.2, 0.25) is 17.8 Å². The van der Waals surface area contributed by atoms with E-state index in [0.717, 1.165) is 43.7 Å². The molecule has 0 spiro atoms. The van der Waals surface area contributed by atoms with Crippen LogP contribution < -0.4 is 20.9 Å². The third-order valence-corrected chi connectivity index (χ3v) is 4.40. The van der Waals surface area contributed by atoms with Crippen molar-refractivity contribution in [2.45, 2.75) is 39.5 Å². The van der Waals surface area contributed by atoms with Crippen LogP contribution in [0.15, 0.2) is 24.5 Å². The maximum Gasteiger partial charge on any atom is 0.233 e. The minimum Gasteiger partial charge on any atom is -0.355 e. The molecule has 0 saturated carbocycles. The number of carbonyl (C=O) groups excluding carboxylic acids is 1. The first-order chi connectivity index (χ1) is 15.6. The van der Waals surface area contributed by atoms with Gasteiger partial charge in [-0.15, -0.1) is 0 Å². The summed E-state index contributed by atoms with van der Waals surface area (Å²) in [7, 11) is 1.74. The number of hydrogen-bond donors (Lipinski definition) is 3. The summed E-state index contributed by atoms with van der Waals surface area (Å²) in [5.74, 6) is 6.89. The molecule has 0 aliphatic carbocycles. The molecule has 2 rings (SSSR count). The van der Waals surface area contributed by atoms with Crippen molar-refractivity contribution in [3.8, 4) is 11.8 Å². The van der Waals surface area contributed by atoms with Crippen LogP contribution in [0.25, 0.3) is 0 Å². The molecule has 0 aliphatic rings. The van der Waals surface area contributed by atoms with Crippen molar-refractivity contribution in [1.29, 1.82) is 0 Å². The molecule has 0 saturated heterocycles. The van der Waals surface area contributed by atoms with Crippen molar-refractivity contribution in [2.24, 2.45) is 0 Å². The molecule has 0 aliphatic heterocycles. The first-order valence-corrected chi connectivity index (χ1v) is 11.0. The molecule has 9 heteroatoms. The van der Waals surface area contributed by atoms with Gasteiger partial charge in [0.1, 0.15) is 5.82 Å². The maximum atomic E-state index is 13.4. The smallest absolute Gasteiger partial charge is 0.233 e. The van der Waals surface area contributed by atoms with Crippen LogP contribution in [0.2, 0.25) is 0 Å². The highest BCUT2D eigenvalue weighted by molar-refractivity contribution is 5.77. The molecule has 172 valence electrons. The number of nitrogens with zero attached hydrogens (tertiary/aromatic N) is 4. The van der Waals surface area contributed by atoms with Gasteiger partial charge in [-0.05, 0) is 32.4 Å². The molecule has 0 atom stereocenters. The minimum atomic E-state index is -0.571. The average molecular weight is 442 g/mol. The topological polar surface area (TPSA) is 95.1 Å². The third-order valence-electron chi connectivity index (χ3n) is 4.40. The summed E-state index contributed by atoms with van der Waals surface area (Å²) in [5.41, 5.74) is 1.28. The number of amides is 1. The lowest BCUT2D eigenvalue weighted by Gasteiger charge is -2.24. The average Bonchev–Trinajstić information content (AvgIpc) is 2.77. The summed E-state index contributed by atoms with van der Waals surface area (Å²) in [6, 6.07) is 2.95. The quantitative estimate of drug-likeness (QED) is 0.265. The summed E-state index contributed by atoms with van der Waals surface area (Å²) in [6.45, 7) is 6.83. The number of hydrogen-bond acceptors (Lipinski definition) is 7. The highest BCUT2D eigenvalue weighted by Gasteiger charge is 2.13. The molecular formula is C23H32FN7O.